The molecule has 25 heavy (non-hydrogen) atoms. The molecule has 0 aliphatic carbocycles. The molecule has 1 aliphatic heterocycles. The largest absolute Gasteiger partial charge is 0.497 e. The van der Waals surface area contributed by atoms with Gasteiger partial charge >= 0.3 is 0 Å². The van der Waals surface area contributed by atoms with Crippen molar-refractivity contribution in [2.24, 2.45) is 11.7 Å². The highest BCUT2D eigenvalue weighted by Crippen LogP contribution is 2.31. The van der Waals surface area contributed by atoms with Gasteiger partial charge in [0.2, 0.25) is 11.8 Å². The number of benzene rings is 2. The van der Waals surface area contributed by atoms with Crippen molar-refractivity contribution in [3.05, 3.63) is 59.7 Å². The molecule has 1 heterocycles. The van der Waals surface area contributed by atoms with Gasteiger partial charge in [0.15, 0.2) is 0 Å². The summed E-state index contributed by atoms with van der Waals surface area (Å²) in [5.41, 5.74) is 7.05. The van der Waals surface area contributed by atoms with E-state index in [0.717, 1.165) is 11.3 Å². The molecular weight excluding hydrogens is 320 g/mol. The first-order valence-corrected chi connectivity index (χ1v) is 8.03. The third kappa shape index (κ3) is 3.74. The molecule has 1 aliphatic rings. The van der Waals surface area contributed by atoms with E-state index >= 15 is 0 Å². The Morgan fingerprint density at radius 2 is 2.00 bits per heavy atom. The minimum Gasteiger partial charge on any atom is -0.497 e. The van der Waals surface area contributed by atoms with E-state index in [2.05, 4.69) is 5.32 Å². The number of carbonyl (C=O) groups is 2. The maximum absolute atomic E-state index is 12.6. The molecule has 0 unspecified atom stereocenters. The van der Waals surface area contributed by atoms with Gasteiger partial charge in [-0.15, -0.1) is 0 Å². The molecule has 0 radical (unpaired) electrons. The number of nitrogens with one attached hydrogen (secondary N) is 1. The Labute approximate surface area is 145 Å². The number of nitrogens with two attached hydrogens (primary N) is 1. The fourth-order valence-corrected chi connectivity index (χ4v) is 2.87. The van der Waals surface area contributed by atoms with Crippen LogP contribution in [0.2, 0.25) is 0 Å². The molecule has 2 atom stereocenters. The fraction of sp³-hybridized carbons (Fsp3) is 0.263. The summed E-state index contributed by atoms with van der Waals surface area (Å²) in [4.78, 5) is 24.3. The first-order valence-electron chi connectivity index (χ1n) is 8.03. The molecular formula is C19H20N2O4. The average Bonchev–Trinajstić information content (AvgIpc) is 2.65. The van der Waals surface area contributed by atoms with Crippen molar-refractivity contribution >= 4 is 11.8 Å². The summed E-state index contributed by atoms with van der Waals surface area (Å²) in [6.45, 7) is 0.242. The molecule has 0 spiro atoms. The molecule has 0 bridgehead atoms. The second-order valence-corrected chi connectivity index (χ2v) is 5.94. The number of rotatable bonds is 5. The molecule has 0 saturated heterocycles. The van der Waals surface area contributed by atoms with Gasteiger partial charge in [0, 0.05) is 6.07 Å². The summed E-state index contributed by atoms with van der Waals surface area (Å²) in [5, 5.41) is 2.74. The smallest absolute Gasteiger partial charge is 0.244 e. The van der Waals surface area contributed by atoms with Crippen LogP contribution in [0.5, 0.6) is 11.5 Å². The van der Waals surface area contributed by atoms with Gasteiger partial charge in [-0.05, 0) is 23.6 Å². The number of carbonyl (C=O) groups excluding carboxylic acids is 2. The molecule has 130 valence electrons. The molecule has 2 aromatic carbocycles. The molecule has 0 saturated carbocycles. The number of methoxy groups -OCH3 is 1. The van der Waals surface area contributed by atoms with Crippen molar-refractivity contribution in [1.29, 1.82) is 0 Å². The highest BCUT2D eigenvalue weighted by molar-refractivity contribution is 5.88. The van der Waals surface area contributed by atoms with Crippen LogP contribution in [0.1, 0.15) is 17.2 Å². The maximum Gasteiger partial charge on any atom is 0.244 e. The standard InChI is InChI=1S/C19H20N2O4/c1-24-15-8-7-13-9-14(11-25-16(13)10-15)19(23)21-17(18(20)22)12-5-3-2-4-6-12/h2-8,10,14,17H,9,11H2,1H3,(H2,20,22)(H,21,23)/t14-,17+/m1/s1. The molecule has 3 rings (SSSR count). The molecule has 6 nitrogen and oxygen atoms in total. The van der Waals surface area contributed by atoms with E-state index in [0.29, 0.717) is 17.7 Å². The summed E-state index contributed by atoms with van der Waals surface area (Å²) in [5.74, 6) is 0.194. The number of primary amides is 1. The van der Waals surface area contributed by atoms with Crippen LogP contribution in [0, 0.1) is 5.92 Å². The van der Waals surface area contributed by atoms with E-state index in [1.54, 1.807) is 37.4 Å². The van der Waals surface area contributed by atoms with Crippen molar-refractivity contribution < 1.29 is 19.1 Å². The monoisotopic (exact) mass is 340 g/mol. The summed E-state index contributed by atoms with van der Waals surface area (Å²) < 4.78 is 10.9. The zero-order valence-electron chi connectivity index (χ0n) is 13.9. The highest BCUT2D eigenvalue weighted by Gasteiger charge is 2.29. The van der Waals surface area contributed by atoms with Crippen LogP contribution in [-0.2, 0) is 16.0 Å². The number of fused-ring (bicyclic) bond motifs is 1. The minimum absolute atomic E-state index is 0.242. The van der Waals surface area contributed by atoms with Crippen LogP contribution in [0.3, 0.4) is 0 Å². The van der Waals surface area contributed by atoms with Crippen molar-refractivity contribution in [2.75, 3.05) is 13.7 Å². The van der Waals surface area contributed by atoms with E-state index in [1.807, 2.05) is 18.2 Å². The van der Waals surface area contributed by atoms with Gasteiger partial charge in [0.05, 0.1) is 13.0 Å². The lowest BCUT2D eigenvalue weighted by Crippen LogP contribution is -2.43. The first kappa shape index (κ1) is 16.8. The van der Waals surface area contributed by atoms with Crippen LogP contribution < -0.4 is 20.5 Å². The first-order chi connectivity index (χ1) is 12.1. The van der Waals surface area contributed by atoms with Crippen LogP contribution >= 0.6 is 0 Å². The minimum atomic E-state index is -0.856. The van der Waals surface area contributed by atoms with E-state index < -0.39 is 11.9 Å². The van der Waals surface area contributed by atoms with Crippen molar-refractivity contribution in [3.8, 4) is 11.5 Å². The average molecular weight is 340 g/mol. The molecule has 0 aromatic heterocycles. The van der Waals surface area contributed by atoms with Crippen molar-refractivity contribution in [2.45, 2.75) is 12.5 Å². The lowest BCUT2D eigenvalue weighted by molar-refractivity contribution is -0.131. The van der Waals surface area contributed by atoms with Crippen LogP contribution in [0.4, 0.5) is 0 Å². The van der Waals surface area contributed by atoms with Gasteiger partial charge in [0.1, 0.15) is 24.1 Å². The molecule has 0 fully saturated rings. The van der Waals surface area contributed by atoms with Gasteiger partial charge in [-0.2, -0.15) is 0 Å². The Kier molecular flexibility index (Phi) is 4.88. The second kappa shape index (κ2) is 7.25. The normalized spacial score (nSPS) is 16.9. The topological polar surface area (TPSA) is 90.7 Å². The van der Waals surface area contributed by atoms with Crippen molar-refractivity contribution in [3.63, 3.8) is 0 Å². The van der Waals surface area contributed by atoms with Gasteiger partial charge in [-0.3, -0.25) is 9.59 Å². The van der Waals surface area contributed by atoms with Gasteiger partial charge in [0.25, 0.3) is 0 Å². The zero-order valence-corrected chi connectivity index (χ0v) is 13.9. The van der Waals surface area contributed by atoms with E-state index in [-0.39, 0.29) is 18.4 Å². The maximum atomic E-state index is 12.6. The van der Waals surface area contributed by atoms with Gasteiger partial charge in [-0.1, -0.05) is 36.4 Å². The third-order valence-corrected chi connectivity index (χ3v) is 4.26. The third-order valence-electron chi connectivity index (χ3n) is 4.26. The number of hydrogen-bond donors (Lipinski definition) is 2. The van der Waals surface area contributed by atoms with Crippen LogP contribution in [-0.4, -0.2) is 25.5 Å². The lowest BCUT2D eigenvalue weighted by atomic mass is 9.95. The zero-order chi connectivity index (χ0) is 17.8. The van der Waals surface area contributed by atoms with E-state index in [1.165, 1.54) is 0 Å². The molecule has 6 heteroatoms. The predicted molar refractivity (Wildman–Crippen MR) is 92.2 cm³/mol. The summed E-state index contributed by atoms with van der Waals surface area (Å²) in [6.07, 6.45) is 0.533. The fourth-order valence-electron chi connectivity index (χ4n) is 2.87. The van der Waals surface area contributed by atoms with Gasteiger partial charge < -0.3 is 20.5 Å². The Bertz CT molecular complexity index is 776. The quantitative estimate of drug-likeness (QED) is 0.865. The van der Waals surface area contributed by atoms with Crippen LogP contribution in [0.15, 0.2) is 48.5 Å². The Morgan fingerprint density at radius 1 is 1.24 bits per heavy atom. The molecule has 2 amide bonds. The number of hydrogen-bond acceptors (Lipinski definition) is 4. The van der Waals surface area contributed by atoms with E-state index in [4.69, 9.17) is 15.2 Å². The summed E-state index contributed by atoms with van der Waals surface area (Å²) in [7, 11) is 1.59. The van der Waals surface area contributed by atoms with Gasteiger partial charge in [-0.25, -0.2) is 0 Å². The van der Waals surface area contributed by atoms with Crippen molar-refractivity contribution in [1.82, 2.24) is 5.32 Å². The second-order valence-electron chi connectivity index (χ2n) is 5.94. The Balaban J connectivity index is 1.71. The number of amides is 2. The highest BCUT2D eigenvalue weighted by atomic mass is 16.5. The Morgan fingerprint density at radius 3 is 2.68 bits per heavy atom. The van der Waals surface area contributed by atoms with E-state index in [9.17, 15) is 9.59 Å². The molecule has 3 N–H and O–H groups in total. The van der Waals surface area contributed by atoms with Crippen LogP contribution in [0.25, 0.3) is 0 Å². The summed E-state index contributed by atoms with van der Waals surface area (Å²) >= 11 is 0. The lowest BCUT2D eigenvalue weighted by Gasteiger charge is -2.26. The predicted octanol–water partition coefficient (Wildman–Crippen LogP) is 1.59. The summed E-state index contributed by atoms with van der Waals surface area (Å²) in [6, 6.07) is 13.6. The number of ether oxygens (including phenoxy) is 2. The molecule has 2 aromatic rings. The SMILES string of the molecule is COc1ccc2c(c1)OC[C@H](C(=O)N[C@H](C(N)=O)c1ccccc1)C2. The Hall–Kier alpha value is -3.02.